The highest BCUT2D eigenvalue weighted by molar-refractivity contribution is 5.82. The minimum absolute atomic E-state index is 0.743. The van der Waals surface area contributed by atoms with E-state index in [1.165, 1.54) is 48.2 Å². The van der Waals surface area contributed by atoms with Crippen molar-refractivity contribution in [2.75, 3.05) is 19.6 Å². The number of rotatable bonds is 2. The number of benzene rings is 1. The molecule has 2 aliphatic heterocycles. The standard InChI is InChI=1S/C17H23N3/c1-12-3-4-17-14(7-12)8-15(19(17)2)10-20-9-13-5-6-18-16(13)11-20/h3-4,7-8,13,16,18H,5-6,9-11H2,1-2H3. The van der Waals surface area contributed by atoms with Crippen molar-refractivity contribution in [3.8, 4) is 0 Å². The summed E-state index contributed by atoms with van der Waals surface area (Å²) in [6.45, 7) is 6.94. The molecule has 0 spiro atoms. The lowest BCUT2D eigenvalue weighted by atomic mass is 10.1. The Kier molecular flexibility index (Phi) is 2.86. The average molecular weight is 269 g/mol. The fourth-order valence-electron chi connectivity index (χ4n) is 3.97. The molecule has 0 bridgehead atoms. The largest absolute Gasteiger partial charge is 0.346 e. The van der Waals surface area contributed by atoms with E-state index in [2.05, 4.69) is 53.0 Å². The van der Waals surface area contributed by atoms with Crippen molar-refractivity contribution in [1.29, 1.82) is 0 Å². The number of hydrogen-bond donors (Lipinski definition) is 1. The van der Waals surface area contributed by atoms with E-state index in [9.17, 15) is 0 Å². The molecule has 3 nitrogen and oxygen atoms in total. The van der Waals surface area contributed by atoms with Crippen molar-refractivity contribution in [2.45, 2.75) is 25.9 Å². The molecule has 0 amide bonds. The van der Waals surface area contributed by atoms with Crippen LogP contribution in [0.15, 0.2) is 24.3 Å². The van der Waals surface area contributed by atoms with Crippen LogP contribution >= 0.6 is 0 Å². The zero-order valence-corrected chi connectivity index (χ0v) is 12.4. The molecule has 3 heterocycles. The first kappa shape index (κ1) is 12.4. The summed E-state index contributed by atoms with van der Waals surface area (Å²) in [5, 5.41) is 5.01. The Morgan fingerprint density at radius 3 is 3.00 bits per heavy atom. The van der Waals surface area contributed by atoms with Crippen LogP contribution < -0.4 is 5.32 Å². The summed E-state index contributed by atoms with van der Waals surface area (Å²) < 4.78 is 2.36. The minimum Gasteiger partial charge on any atom is -0.346 e. The Morgan fingerprint density at radius 2 is 2.15 bits per heavy atom. The van der Waals surface area contributed by atoms with E-state index in [1.54, 1.807) is 0 Å². The van der Waals surface area contributed by atoms with Crippen molar-refractivity contribution in [3.63, 3.8) is 0 Å². The lowest BCUT2D eigenvalue weighted by Gasteiger charge is -2.17. The first-order valence-electron chi connectivity index (χ1n) is 7.71. The van der Waals surface area contributed by atoms with E-state index in [0.29, 0.717) is 0 Å². The molecule has 2 unspecified atom stereocenters. The van der Waals surface area contributed by atoms with E-state index in [-0.39, 0.29) is 0 Å². The number of aryl methyl sites for hydroxylation is 2. The molecule has 3 heteroatoms. The van der Waals surface area contributed by atoms with Gasteiger partial charge in [0.2, 0.25) is 0 Å². The zero-order valence-electron chi connectivity index (χ0n) is 12.4. The van der Waals surface area contributed by atoms with Crippen molar-refractivity contribution < 1.29 is 0 Å². The molecule has 2 aromatic rings. The van der Waals surface area contributed by atoms with Gasteiger partial charge in [-0.15, -0.1) is 0 Å². The van der Waals surface area contributed by atoms with Gasteiger partial charge >= 0.3 is 0 Å². The quantitative estimate of drug-likeness (QED) is 0.902. The summed E-state index contributed by atoms with van der Waals surface area (Å²) in [6, 6.07) is 9.85. The van der Waals surface area contributed by atoms with Crippen molar-refractivity contribution >= 4 is 10.9 Å². The second kappa shape index (κ2) is 4.61. The van der Waals surface area contributed by atoms with Gasteiger partial charge in [0.25, 0.3) is 0 Å². The van der Waals surface area contributed by atoms with Gasteiger partial charge in [-0.2, -0.15) is 0 Å². The molecular formula is C17H23N3. The molecule has 1 aromatic carbocycles. The summed E-state index contributed by atoms with van der Waals surface area (Å²) in [5.41, 5.74) is 4.13. The predicted molar refractivity (Wildman–Crippen MR) is 82.8 cm³/mol. The van der Waals surface area contributed by atoms with Gasteiger partial charge in [0.15, 0.2) is 0 Å². The Morgan fingerprint density at radius 1 is 1.25 bits per heavy atom. The van der Waals surface area contributed by atoms with Crippen LogP contribution in [-0.2, 0) is 13.6 Å². The smallest absolute Gasteiger partial charge is 0.0480 e. The summed E-state index contributed by atoms with van der Waals surface area (Å²) in [4.78, 5) is 2.61. The zero-order chi connectivity index (χ0) is 13.7. The molecule has 0 aliphatic carbocycles. The third kappa shape index (κ3) is 1.97. The average Bonchev–Trinajstić information content (AvgIpc) is 3.05. The lowest BCUT2D eigenvalue weighted by molar-refractivity contribution is 0.300. The Balaban J connectivity index is 1.58. The summed E-state index contributed by atoms with van der Waals surface area (Å²) in [6.07, 6.45) is 1.36. The van der Waals surface area contributed by atoms with Crippen LogP contribution in [0.1, 0.15) is 17.7 Å². The highest BCUT2D eigenvalue weighted by Crippen LogP contribution is 2.27. The number of likely N-dealkylation sites (tertiary alicyclic amines) is 1. The highest BCUT2D eigenvalue weighted by Gasteiger charge is 2.35. The second-order valence-corrected chi connectivity index (χ2v) is 6.56. The van der Waals surface area contributed by atoms with Gasteiger partial charge in [0.05, 0.1) is 0 Å². The monoisotopic (exact) mass is 269 g/mol. The van der Waals surface area contributed by atoms with Gasteiger partial charge < -0.3 is 9.88 Å². The molecule has 4 rings (SSSR count). The fraction of sp³-hybridized carbons (Fsp3) is 0.529. The van der Waals surface area contributed by atoms with Crippen molar-refractivity contribution in [2.24, 2.45) is 13.0 Å². The molecular weight excluding hydrogens is 246 g/mol. The maximum atomic E-state index is 3.63. The first-order valence-corrected chi connectivity index (χ1v) is 7.71. The SMILES string of the molecule is Cc1ccc2c(c1)cc(CN1CC3CCNC3C1)n2C. The van der Waals surface area contributed by atoms with Crippen LogP contribution in [0.4, 0.5) is 0 Å². The van der Waals surface area contributed by atoms with Gasteiger partial charge in [-0.05, 0) is 44.0 Å². The maximum absolute atomic E-state index is 3.63. The molecule has 0 saturated carbocycles. The van der Waals surface area contributed by atoms with Crippen molar-refractivity contribution in [1.82, 2.24) is 14.8 Å². The molecule has 2 aliphatic rings. The molecule has 0 radical (unpaired) electrons. The molecule has 2 saturated heterocycles. The van der Waals surface area contributed by atoms with E-state index in [0.717, 1.165) is 18.5 Å². The van der Waals surface area contributed by atoms with Gasteiger partial charge in [-0.1, -0.05) is 11.6 Å². The summed E-state index contributed by atoms with van der Waals surface area (Å²) in [7, 11) is 2.20. The van der Waals surface area contributed by atoms with Crippen LogP contribution in [0.5, 0.6) is 0 Å². The number of aromatic nitrogens is 1. The van der Waals surface area contributed by atoms with E-state index >= 15 is 0 Å². The van der Waals surface area contributed by atoms with E-state index in [1.807, 2.05) is 0 Å². The molecule has 20 heavy (non-hydrogen) atoms. The van der Waals surface area contributed by atoms with Gasteiger partial charge in [0.1, 0.15) is 0 Å². The van der Waals surface area contributed by atoms with Gasteiger partial charge in [-0.3, -0.25) is 4.90 Å². The number of hydrogen-bond acceptors (Lipinski definition) is 2. The fourth-order valence-corrected chi connectivity index (χ4v) is 3.97. The van der Waals surface area contributed by atoms with Gasteiger partial charge in [0, 0.05) is 49.3 Å². The first-order chi connectivity index (χ1) is 9.70. The molecule has 1 N–H and O–H groups in total. The normalized spacial score (nSPS) is 26.5. The van der Waals surface area contributed by atoms with Crippen LogP contribution in [0.25, 0.3) is 10.9 Å². The molecule has 1 aromatic heterocycles. The summed E-state index contributed by atoms with van der Waals surface area (Å²) >= 11 is 0. The highest BCUT2D eigenvalue weighted by atomic mass is 15.2. The van der Waals surface area contributed by atoms with E-state index in [4.69, 9.17) is 0 Å². The van der Waals surface area contributed by atoms with Crippen LogP contribution in [-0.4, -0.2) is 35.1 Å². The Bertz CT molecular complexity index is 631. The lowest BCUT2D eigenvalue weighted by Crippen LogP contribution is -2.30. The van der Waals surface area contributed by atoms with Crippen LogP contribution in [0.2, 0.25) is 0 Å². The number of nitrogens with one attached hydrogen (secondary N) is 1. The Hall–Kier alpha value is -1.32. The minimum atomic E-state index is 0.743. The van der Waals surface area contributed by atoms with Crippen molar-refractivity contribution in [3.05, 3.63) is 35.5 Å². The van der Waals surface area contributed by atoms with E-state index < -0.39 is 0 Å². The third-order valence-electron chi connectivity index (χ3n) is 5.12. The number of fused-ring (bicyclic) bond motifs is 2. The predicted octanol–water partition coefficient (Wildman–Crippen LogP) is 2.28. The molecule has 106 valence electrons. The summed E-state index contributed by atoms with van der Waals surface area (Å²) in [5.74, 6) is 0.881. The third-order valence-corrected chi connectivity index (χ3v) is 5.12. The van der Waals surface area contributed by atoms with Crippen LogP contribution in [0, 0.1) is 12.8 Å². The topological polar surface area (TPSA) is 20.2 Å². The second-order valence-electron chi connectivity index (χ2n) is 6.56. The molecule has 2 fully saturated rings. The number of nitrogens with zero attached hydrogens (tertiary/aromatic N) is 2. The van der Waals surface area contributed by atoms with Crippen LogP contribution in [0.3, 0.4) is 0 Å². The van der Waals surface area contributed by atoms with Gasteiger partial charge in [-0.25, -0.2) is 0 Å². The molecule has 2 atom stereocenters. The Labute approximate surface area is 120 Å². The maximum Gasteiger partial charge on any atom is 0.0480 e.